The van der Waals surface area contributed by atoms with Crippen LogP contribution in [-0.4, -0.2) is 16.9 Å². The van der Waals surface area contributed by atoms with Crippen LogP contribution in [-0.2, 0) is 0 Å². The van der Waals surface area contributed by atoms with Gasteiger partial charge in [-0.15, -0.1) is 11.1 Å². The van der Waals surface area contributed by atoms with E-state index in [1.54, 1.807) is 0 Å². The molecule has 0 radical (unpaired) electrons. The van der Waals surface area contributed by atoms with Crippen molar-refractivity contribution in [3.8, 4) is 11.1 Å². The molecule has 0 aliphatic rings. The van der Waals surface area contributed by atoms with Gasteiger partial charge in [-0.25, -0.2) is 0 Å². The fourth-order valence-corrected chi connectivity index (χ4v) is 13.4. The normalized spacial score (nSPS) is 13.6. The number of allylic oxidation sites excluding steroid dienone is 1. The molecule has 0 spiro atoms. The highest BCUT2D eigenvalue weighted by Crippen LogP contribution is 2.40. The summed E-state index contributed by atoms with van der Waals surface area (Å²) in [5, 5.41) is 2.93. The fourth-order valence-electron chi connectivity index (χ4n) is 4.87. The lowest BCUT2D eigenvalue weighted by atomic mass is 10.2. The molecule has 1 atom stereocenters. The van der Waals surface area contributed by atoms with Gasteiger partial charge in [-0.3, -0.25) is 0 Å². The van der Waals surface area contributed by atoms with Crippen LogP contribution in [0.1, 0.15) is 59.6 Å². The van der Waals surface area contributed by atoms with E-state index in [-0.39, 0.29) is 0 Å². The minimum Gasteiger partial charge on any atom is -0.137 e. The Morgan fingerprint density at radius 2 is 1.34 bits per heavy atom. The Morgan fingerprint density at radius 1 is 0.828 bits per heavy atom. The summed E-state index contributed by atoms with van der Waals surface area (Å²) < 4.78 is 0. The maximum absolute atomic E-state index is 4.03. The highest BCUT2D eigenvalue weighted by Gasteiger charge is 2.41. The molecule has 154 valence electrons. The lowest BCUT2D eigenvalue weighted by Crippen LogP contribution is -2.44. The molecule has 0 heterocycles. The minimum absolute atomic E-state index is 0.667. The molecule has 0 saturated heterocycles. The van der Waals surface area contributed by atoms with Crippen LogP contribution in [0.2, 0.25) is 16.6 Å². The van der Waals surface area contributed by atoms with Crippen LogP contribution in [0.5, 0.6) is 0 Å². The molecule has 0 nitrogen and oxygen atoms in total. The molecule has 0 N–H and O–H groups in total. The van der Waals surface area contributed by atoms with Crippen molar-refractivity contribution in [2.24, 2.45) is 0 Å². The second-order valence-electron chi connectivity index (χ2n) is 9.26. The van der Waals surface area contributed by atoms with Crippen LogP contribution in [0, 0.1) is 18.0 Å². The molecule has 2 aromatic carbocycles. The average Bonchev–Trinajstić information content (AvgIpc) is 2.66. The van der Waals surface area contributed by atoms with Crippen molar-refractivity contribution in [2.45, 2.75) is 72.0 Å². The number of hydrogen-bond donors (Lipinski definition) is 0. The molecule has 2 rings (SSSR count). The summed E-state index contributed by atoms with van der Waals surface area (Å²) in [4.78, 5) is 0. The molecule has 0 aromatic heterocycles. The van der Waals surface area contributed by atoms with Crippen molar-refractivity contribution in [3.05, 3.63) is 70.9 Å². The molecule has 2 heteroatoms. The monoisotopic (exact) mass is 418 g/mol. The lowest BCUT2D eigenvalue weighted by molar-refractivity contribution is 0.838. The van der Waals surface area contributed by atoms with Gasteiger partial charge in [-0.1, -0.05) is 113 Å². The van der Waals surface area contributed by atoms with Gasteiger partial charge in [0.1, 0.15) is 8.07 Å². The first-order valence-corrected chi connectivity index (χ1v) is 15.0. The Balaban J connectivity index is 2.63. The maximum Gasteiger partial charge on any atom is 0.178 e. The zero-order valence-electron chi connectivity index (χ0n) is 19.6. The van der Waals surface area contributed by atoms with E-state index in [2.05, 4.69) is 127 Å². The summed E-state index contributed by atoms with van der Waals surface area (Å²) in [6, 6.07) is 19.6. The summed E-state index contributed by atoms with van der Waals surface area (Å²) in [7, 11) is -3.32. The van der Waals surface area contributed by atoms with Crippen molar-refractivity contribution in [3.63, 3.8) is 0 Å². The van der Waals surface area contributed by atoms with Gasteiger partial charge in [0.25, 0.3) is 0 Å². The first kappa shape index (κ1) is 23.5. The first-order chi connectivity index (χ1) is 13.7. The molecule has 1 unspecified atom stereocenters. The third-order valence-corrected chi connectivity index (χ3v) is 15.8. The number of hydrogen-bond acceptors (Lipinski definition) is 0. The number of benzene rings is 2. The Morgan fingerprint density at radius 3 is 1.86 bits per heavy atom. The molecule has 0 aliphatic heterocycles. The zero-order valence-corrected chi connectivity index (χ0v) is 21.7. The molecule has 0 bridgehead atoms. The average molecular weight is 419 g/mol. The standard InChI is InChI=1S/C27H38Si2/c1-21(2)29(22(3)4,23(5)6)19-18-28(27-17-13-12-14-24(27)7)25(8)20-26-15-10-9-11-16-26/h9-17,20-23,28H,1-8H3. The van der Waals surface area contributed by atoms with Crippen molar-refractivity contribution < 1.29 is 0 Å². The van der Waals surface area contributed by atoms with E-state index < -0.39 is 16.9 Å². The maximum atomic E-state index is 4.03. The van der Waals surface area contributed by atoms with Gasteiger partial charge in [0.15, 0.2) is 8.80 Å². The van der Waals surface area contributed by atoms with Gasteiger partial charge >= 0.3 is 0 Å². The highest BCUT2D eigenvalue weighted by atomic mass is 28.3. The molecule has 0 amide bonds. The Bertz CT molecular complexity index is 858. The first-order valence-electron chi connectivity index (χ1n) is 11.0. The van der Waals surface area contributed by atoms with E-state index in [0.717, 1.165) is 0 Å². The molecule has 29 heavy (non-hydrogen) atoms. The quantitative estimate of drug-likeness (QED) is 0.356. The Kier molecular flexibility index (Phi) is 8.31. The highest BCUT2D eigenvalue weighted by molar-refractivity contribution is 6.94. The van der Waals surface area contributed by atoms with Crippen molar-refractivity contribution >= 4 is 28.1 Å². The van der Waals surface area contributed by atoms with Crippen molar-refractivity contribution in [1.82, 2.24) is 0 Å². The van der Waals surface area contributed by atoms with Gasteiger partial charge in [-0.05, 0) is 41.2 Å². The van der Waals surface area contributed by atoms with Gasteiger partial charge in [0.2, 0.25) is 0 Å². The van der Waals surface area contributed by atoms with E-state index in [9.17, 15) is 0 Å². The predicted molar refractivity (Wildman–Crippen MR) is 137 cm³/mol. The Hall–Kier alpha value is -1.83. The second kappa shape index (κ2) is 10.3. The topological polar surface area (TPSA) is 0 Å². The summed E-state index contributed by atoms with van der Waals surface area (Å²) in [6.07, 6.45) is 2.36. The van der Waals surface area contributed by atoms with Gasteiger partial charge in [-0.2, -0.15) is 0 Å². The zero-order chi connectivity index (χ0) is 21.6. The van der Waals surface area contributed by atoms with E-state index in [0.29, 0.717) is 16.6 Å². The lowest BCUT2D eigenvalue weighted by Gasteiger charge is -2.38. The third kappa shape index (κ3) is 5.41. The van der Waals surface area contributed by atoms with Gasteiger partial charge < -0.3 is 0 Å². The fraction of sp³-hybridized carbons (Fsp3) is 0.407. The summed E-state index contributed by atoms with van der Waals surface area (Å²) in [5.74, 6) is 0. The van der Waals surface area contributed by atoms with E-state index in [1.165, 1.54) is 21.5 Å². The summed E-state index contributed by atoms with van der Waals surface area (Å²) in [5.41, 5.74) is 12.7. The van der Waals surface area contributed by atoms with E-state index >= 15 is 0 Å². The van der Waals surface area contributed by atoms with Gasteiger partial charge in [0.05, 0.1) is 0 Å². The largest absolute Gasteiger partial charge is 0.178 e. The molecule has 2 aromatic rings. The van der Waals surface area contributed by atoms with Crippen LogP contribution < -0.4 is 5.19 Å². The molecular formula is C27H38Si2. The summed E-state index contributed by atoms with van der Waals surface area (Å²) >= 11 is 0. The smallest absolute Gasteiger partial charge is 0.137 e. The Labute approximate surface area is 182 Å². The van der Waals surface area contributed by atoms with E-state index in [1.807, 2.05) is 0 Å². The summed E-state index contributed by atoms with van der Waals surface area (Å²) in [6.45, 7) is 18.9. The van der Waals surface area contributed by atoms with Crippen LogP contribution >= 0.6 is 0 Å². The molecule has 0 fully saturated rings. The van der Waals surface area contributed by atoms with Crippen molar-refractivity contribution in [1.29, 1.82) is 0 Å². The molecular weight excluding hydrogens is 380 g/mol. The van der Waals surface area contributed by atoms with Crippen LogP contribution in [0.3, 0.4) is 0 Å². The van der Waals surface area contributed by atoms with E-state index in [4.69, 9.17) is 0 Å². The number of rotatable bonds is 6. The minimum atomic E-state index is -1.73. The molecule has 0 saturated carbocycles. The van der Waals surface area contributed by atoms with Crippen molar-refractivity contribution in [2.75, 3.05) is 0 Å². The molecule has 0 aliphatic carbocycles. The number of aryl methyl sites for hydroxylation is 1. The van der Waals surface area contributed by atoms with Crippen LogP contribution in [0.25, 0.3) is 6.08 Å². The van der Waals surface area contributed by atoms with Crippen LogP contribution in [0.15, 0.2) is 59.8 Å². The SMILES string of the molecule is CC(=Cc1ccccc1)[SiH](C#C[Si](C(C)C)(C(C)C)C(C)C)c1ccccc1C. The predicted octanol–water partition coefficient (Wildman–Crippen LogP) is 6.83. The third-order valence-electron chi connectivity index (χ3n) is 6.45. The second-order valence-corrected chi connectivity index (χ2v) is 17.5. The van der Waals surface area contributed by atoms with Gasteiger partial charge in [0, 0.05) is 0 Å². The van der Waals surface area contributed by atoms with Crippen LogP contribution in [0.4, 0.5) is 0 Å².